The number of sulfonamides is 1. The van der Waals surface area contributed by atoms with Crippen molar-refractivity contribution in [3.8, 4) is 11.5 Å². The lowest BCUT2D eigenvalue weighted by atomic mass is 10.1. The molecule has 0 bridgehead atoms. The van der Waals surface area contributed by atoms with E-state index in [9.17, 15) is 8.42 Å². The van der Waals surface area contributed by atoms with Gasteiger partial charge < -0.3 is 4.98 Å². The van der Waals surface area contributed by atoms with Crippen molar-refractivity contribution in [3.63, 3.8) is 0 Å². The number of nitrogens with zero attached hydrogens (tertiary/aromatic N) is 2. The van der Waals surface area contributed by atoms with Gasteiger partial charge in [-0.05, 0) is 42.7 Å². The van der Waals surface area contributed by atoms with Crippen molar-refractivity contribution in [1.29, 1.82) is 0 Å². The Morgan fingerprint density at radius 3 is 2.56 bits per heavy atom. The van der Waals surface area contributed by atoms with Crippen LogP contribution in [0.5, 0.6) is 0 Å². The van der Waals surface area contributed by atoms with Crippen molar-refractivity contribution in [2.75, 3.05) is 4.72 Å². The van der Waals surface area contributed by atoms with Crippen LogP contribution in [0.15, 0.2) is 48.5 Å². The molecular formula is C19H19N5O2S. The summed E-state index contributed by atoms with van der Waals surface area (Å²) in [6.07, 6.45) is 0. The Labute approximate surface area is 156 Å². The Morgan fingerprint density at radius 1 is 1.04 bits per heavy atom. The van der Waals surface area contributed by atoms with E-state index in [0.29, 0.717) is 17.1 Å². The van der Waals surface area contributed by atoms with Gasteiger partial charge in [-0.1, -0.05) is 30.3 Å². The van der Waals surface area contributed by atoms with Gasteiger partial charge in [0, 0.05) is 6.07 Å². The Bertz CT molecular complexity index is 1170. The highest BCUT2D eigenvalue weighted by Gasteiger charge is 2.15. The maximum atomic E-state index is 12.3. The SMILES string of the molecule is Cc1cc2nc(-c3cc(NS(=O)(=O)Cc4ccccc4)n[nH]3)[nH]c2cc1C. The second-order valence-electron chi connectivity index (χ2n) is 6.55. The van der Waals surface area contributed by atoms with Crippen LogP contribution in [0, 0.1) is 13.8 Å². The summed E-state index contributed by atoms with van der Waals surface area (Å²) in [7, 11) is -3.56. The molecule has 0 saturated carbocycles. The summed E-state index contributed by atoms with van der Waals surface area (Å²) in [6, 6.07) is 14.7. The molecular weight excluding hydrogens is 362 g/mol. The first-order valence-corrected chi connectivity index (χ1v) is 10.1. The van der Waals surface area contributed by atoms with Crippen molar-refractivity contribution in [3.05, 3.63) is 65.2 Å². The first-order valence-electron chi connectivity index (χ1n) is 8.47. The van der Waals surface area contributed by atoms with E-state index in [1.165, 1.54) is 11.1 Å². The molecule has 0 unspecified atom stereocenters. The summed E-state index contributed by atoms with van der Waals surface area (Å²) in [5.41, 5.74) is 5.45. The number of benzene rings is 2. The number of anilines is 1. The van der Waals surface area contributed by atoms with Gasteiger partial charge in [0.05, 0.1) is 16.8 Å². The average molecular weight is 381 g/mol. The van der Waals surface area contributed by atoms with Crippen LogP contribution in [0.25, 0.3) is 22.6 Å². The van der Waals surface area contributed by atoms with Gasteiger partial charge in [-0.25, -0.2) is 13.4 Å². The van der Waals surface area contributed by atoms with Crippen LogP contribution in [0.1, 0.15) is 16.7 Å². The van der Waals surface area contributed by atoms with Gasteiger partial charge in [-0.15, -0.1) is 0 Å². The second-order valence-corrected chi connectivity index (χ2v) is 8.27. The minimum Gasteiger partial charge on any atom is -0.337 e. The van der Waals surface area contributed by atoms with E-state index in [4.69, 9.17) is 0 Å². The number of hydrogen-bond acceptors (Lipinski definition) is 4. The van der Waals surface area contributed by atoms with Gasteiger partial charge in [0.15, 0.2) is 11.6 Å². The van der Waals surface area contributed by atoms with E-state index in [2.05, 4.69) is 24.9 Å². The minimum atomic E-state index is -3.56. The third-order valence-electron chi connectivity index (χ3n) is 4.39. The maximum Gasteiger partial charge on any atom is 0.238 e. The van der Waals surface area contributed by atoms with E-state index < -0.39 is 10.0 Å². The molecule has 2 heterocycles. The van der Waals surface area contributed by atoms with Crippen LogP contribution in [0.3, 0.4) is 0 Å². The molecule has 0 spiro atoms. The molecule has 0 aliphatic rings. The molecule has 27 heavy (non-hydrogen) atoms. The first-order chi connectivity index (χ1) is 12.9. The molecule has 0 aliphatic carbocycles. The minimum absolute atomic E-state index is 0.112. The monoisotopic (exact) mass is 381 g/mol. The standard InChI is InChI=1S/C19H19N5O2S/c1-12-8-15-16(9-13(12)2)21-19(20-15)17-10-18(23-22-17)24-27(25,26)11-14-6-4-3-5-7-14/h3-10H,11H2,1-2H3,(H,20,21)(H2,22,23,24). The third-order valence-corrected chi connectivity index (χ3v) is 5.62. The highest BCUT2D eigenvalue weighted by molar-refractivity contribution is 7.91. The number of hydrogen-bond donors (Lipinski definition) is 3. The number of aromatic nitrogens is 4. The molecule has 0 amide bonds. The van der Waals surface area contributed by atoms with E-state index in [1.54, 1.807) is 18.2 Å². The largest absolute Gasteiger partial charge is 0.337 e. The smallest absolute Gasteiger partial charge is 0.238 e. The molecule has 3 N–H and O–H groups in total. The normalized spacial score (nSPS) is 11.8. The lowest BCUT2D eigenvalue weighted by Crippen LogP contribution is -2.15. The maximum absolute atomic E-state index is 12.3. The van der Waals surface area contributed by atoms with E-state index in [1.807, 2.05) is 44.2 Å². The molecule has 138 valence electrons. The number of rotatable bonds is 5. The summed E-state index contributed by atoms with van der Waals surface area (Å²) in [5.74, 6) is 0.726. The number of fused-ring (bicyclic) bond motifs is 1. The summed E-state index contributed by atoms with van der Waals surface area (Å²) in [6.45, 7) is 4.09. The zero-order valence-electron chi connectivity index (χ0n) is 14.9. The summed E-state index contributed by atoms with van der Waals surface area (Å²) in [4.78, 5) is 7.79. The highest BCUT2D eigenvalue weighted by atomic mass is 32.2. The predicted molar refractivity (Wildman–Crippen MR) is 106 cm³/mol. The van der Waals surface area contributed by atoms with Crippen LogP contribution in [0.2, 0.25) is 0 Å². The number of imidazole rings is 1. The molecule has 4 aromatic rings. The Balaban J connectivity index is 1.56. The van der Waals surface area contributed by atoms with Crippen molar-refractivity contribution in [2.45, 2.75) is 19.6 Å². The summed E-state index contributed by atoms with van der Waals surface area (Å²) in [5, 5.41) is 6.88. The van der Waals surface area contributed by atoms with E-state index in [0.717, 1.165) is 11.0 Å². The first kappa shape index (κ1) is 17.3. The van der Waals surface area contributed by atoms with Gasteiger partial charge in [-0.2, -0.15) is 5.10 Å². The third kappa shape index (κ3) is 3.70. The molecule has 0 radical (unpaired) electrons. The lowest BCUT2D eigenvalue weighted by molar-refractivity contribution is 0.600. The van der Waals surface area contributed by atoms with E-state index in [-0.39, 0.29) is 11.6 Å². The molecule has 8 heteroatoms. The summed E-state index contributed by atoms with van der Waals surface area (Å²) >= 11 is 0. The fourth-order valence-electron chi connectivity index (χ4n) is 2.88. The molecule has 0 aliphatic heterocycles. The van der Waals surface area contributed by atoms with E-state index >= 15 is 0 Å². The molecule has 4 rings (SSSR count). The van der Waals surface area contributed by atoms with Gasteiger partial charge >= 0.3 is 0 Å². The van der Waals surface area contributed by atoms with Crippen LogP contribution in [-0.2, 0) is 15.8 Å². The molecule has 0 fully saturated rings. The fourth-order valence-corrected chi connectivity index (χ4v) is 4.01. The zero-order valence-corrected chi connectivity index (χ0v) is 15.8. The second kappa shape index (κ2) is 6.55. The van der Waals surface area contributed by atoms with Crippen LogP contribution >= 0.6 is 0 Å². The Hall–Kier alpha value is -3.13. The van der Waals surface area contributed by atoms with Crippen molar-refractivity contribution >= 4 is 26.9 Å². The molecule has 2 aromatic heterocycles. The van der Waals surface area contributed by atoms with Crippen LogP contribution < -0.4 is 4.72 Å². The van der Waals surface area contributed by atoms with Crippen molar-refractivity contribution < 1.29 is 8.42 Å². The molecule has 2 aromatic carbocycles. The fraction of sp³-hybridized carbons (Fsp3) is 0.158. The number of aryl methyl sites for hydroxylation is 2. The number of H-pyrrole nitrogens is 2. The van der Waals surface area contributed by atoms with Gasteiger partial charge in [-0.3, -0.25) is 9.82 Å². The Morgan fingerprint density at radius 2 is 1.78 bits per heavy atom. The van der Waals surface area contributed by atoms with Crippen LogP contribution in [-0.4, -0.2) is 28.6 Å². The van der Waals surface area contributed by atoms with Crippen molar-refractivity contribution in [2.24, 2.45) is 0 Å². The highest BCUT2D eigenvalue weighted by Crippen LogP contribution is 2.23. The van der Waals surface area contributed by atoms with Crippen LogP contribution in [0.4, 0.5) is 5.82 Å². The predicted octanol–water partition coefficient (Wildman–Crippen LogP) is 3.51. The molecule has 0 atom stereocenters. The van der Waals surface area contributed by atoms with Gasteiger partial charge in [0.25, 0.3) is 0 Å². The molecule has 7 nitrogen and oxygen atoms in total. The molecule has 0 saturated heterocycles. The quantitative estimate of drug-likeness (QED) is 0.492. The summed E-state index contributed by atoms with van der Waals surface area (Å²) < 4.78 is 27.2. The van der Waals surface area contributed by atoms with Crippen molar-refractivity contribution in [1.82, 2.24) is 20.2 Å². The topological polar surface area (TPSA) is 104 Å². The number of aromatic amines is 2. The lowest BCUT2D eigenvalue weighted by Gasteiger charge is -2.04. The van der Waals surface area contributed by atoms with Gasteiger partial charge in [0.2, 0.25) is 10.0 Å². The number of nitrogens with one attached hydrogen (secondary N) is 3. The van der Waals surface area contributed by atoms with Gasteiger partial charge in [0.1, 0.15) is 5.69 Å². The Kier molecular flexibility index (Phi) is 4.19. The average Bonchev–Trinajstić information content (AvgIpc) is 3.22. The zero-order chi connectivity index (χ0) is 19.0.